The van der Waals surface area contributed by atoms with Gasteiger partial charge in [-0.25, -0.2) is 0 Å². The molecule has 0 saturated carbocycles. The zero-order valence-electron chi connectivity index (χ0n) is 12.5. The summed E-state index contributed by atoms with van der Waals surface area (Å²) in [7, 11) is 0. The van der Waals surface area contributed by atoms with Gasteiger partial charge >= 0.3 is 0 Å². The minimum atomic E-state index is -0.487. The molecule has 1 aromatic heterocycles. The van der Waals surface area contributed by atoms with Gasteiger partial charge in [0.25, 0.3) is 0 Å². The summed E-state index contributed by atoms with van der Waals surface area (Å²) in [6, 6.07) is 4.57. The Labute approximate surface area is 144 Å². The van der Waals surface area contributed by atoms with Crippen molar-refractivity contribution in [3.05, 3.63) is 44.7 Å². The van der Waals surface area contributed by atoms with E-state index in [4.69, 9.17) is 34.8 Å². The van der Waals surface area contributed by atoms with Crippen LogP contribution in [0.3, 0.4) is 0 Å². The number of para-hydroxylation sites is 1. The molecule has 0 saturated heterocycles. The zero-order chi connectivity index (χ0) is 16.4. The standard InChI is InChI=1S/C15H16Cl3N3O/c1-4-12(21-9(3)13(18)8(2)20-21)15(22)19-14-10(16)6-5-7-11(14)17/h5-7,12H,4H2,1-3H3,(H,19,22). The SMILES string of the molecule is CCC(C(=O)Nc1c(Cl)cccc1Cl)n1nc(C)c(Cl)c1C. The summed E-state index contributed by atoms with van der Waals surface area (Å²) in [4.78, 5) is 12.6. The molecule has 1 atom stereocenters. The van der Waals surface area contributed by atoms with E-state index in [0.29, 0.717) is 32.9 Å². The van der Waals surface area contributed by atoms with Crippen molar-refractivity contribution in [1.29, 1.82) is 0 Å². The molecule has 0 fully saturated rings. The molecule has 1 unspecified atom stereocenters. The van der Waals surface area contributed by atoms with Crippen LogP contribution in [0.1, 0.15) is 30.8 Å². The number of nitrogens with one attached hydrogen (secondary N) is 1. The second-order valence-electron chi connectivity index (χ2n) is 4.94. The van der Waals surface area contributed by atoms with Crippen molar-refractivity contribution in [3.8, 4) is 0 Å². The van der Waals surface area contributed by atoms with Gasteiger partial charge in [-0.3, -0.25) is 9.48 Å². The maximum atomic E-state index is 12.6. The van der Waals surface area contributed by atoms with Gasteiger partial charge in [-0.15, -0.1) is 0 Å². The second-order valence-corrected chi connectivity index (χ2v) is 6.13. The van der Waals surface area contributed by atoms with Crippen molar-refractivity contribution < 1.29 is 4.79 Å². The molecule has 1 aromatic carbocycles. The maximum Gasteiger partial charge on any atom is 0.249 e. The average molecular weight is 361 g/mol. The number of amides is 1. The molecule has 2 aromatic rings. The third-order valence-electron chi connectivity index (χ3n) is 3.43. The Kier molecular flexibility index (Phi) is 5.37. The van der Waals surface area contributed by atoms with Crippen LogP contribution in [-0.4, -0.2) is 15.7 Å². The Hall–Kier alpha value is -1.23. The zero-order valence-corrected chi connectivity index (χ0v) is 14.7. The van der Waals surface area contributed by atoms with E-state index < -0.39 is 6.04 Å². The van der Waals surface area contributed by atoms with Crippen LogP contribution >= 0.6 is 34.8 Å². The van der Waals surface area contributed by atoms with E-state index in [9.17, 15) is 4.79 Å². The fraction of sp³-hybridized carbons (Fsp3) is 0.333. The quantitative estimate of drug-likeness (QED) is 0.829. The Bertz CT molecular complexity index is 692. The first-order valence-electron chi connectivity index (χ1n) is 6.82. The van der Waals surface area contributed by atoms with E-state index in [1.54, 1.807) is 29.8 Å². The molecule has 0 aliphatic heterocycles. The molecule has 0 bridgehead atoms. The van der Waals surface area contributed by atoms with Crippen molar-refractivity contribution in [2.45, 2.75) is 33.2 Å². The summed E-state index contributed by atoms with van der Waals surface area (Å²) in [5.41, 5.74) is 1.86. The Morgan fingerprint density at radius 2 is 1.86 bits per heavy atom. The van der Waals surface area contributed by atoms with Crippen LogP contribution in [-0.2, 0) is 4.79 Å². The summed E-state index contributed by atoms with van der Waals surface area (Å²) in [5, 5.41) is 8.48. The van der Waals surface area contributed by atoms with Gasteiger partial charge in [-0.05, 0) is 32.4 Å². The first-order valence-corrected chi connectivity index (χ1v) is 7.96. The van der Waals surface area contributed by atoms with Crippen LogP contribution < -0.4 is 5.32 Å². The predicted octanol–water partition coefficient (Wildman–Crippen LogP) is 5.05. The molecule has 0 aliphatic carbocycles. The molecular formula is C15H16Cl3N3O. The number of aryl methyl sites for hydroxylation is 1. The number of carbonyl (C=O) groups excluding carboxylic acids is 1. The highest BCUT2D eigenvalue weighted by Gasteiger charge is 2.24. The molecule has 4 nitrogen and oxygen atoms in total. The van der Waals surface area contributed by atoms with Crippen LogP contribution in [0.4, 0.5) is 5.69 Å². The number of hydrogen-bond acceptors (Lipinski definition) is 2. The first kappa shape index (κ1) is 17.1. The van der Waals surface area contributed by atoms with E-state index in [0.717, 1.165) is 5.69 Å². The number of aromatic nitrogens is 2. The number of rotatable bonds is 4. The van der Waals surface area contributed by atoms with E-state index in [1.165, 1.54) is 0 Å². The Balaban J connectivity index is 2.32. The van der Waals surface area contributed by atoms with Crippen molar-refractivity contribution >= 4 is 46.4 Å². The third kappa shape index (κ3) is 3.24. The number of carbonyl (C=O) groups is 1. The highest BCUT2D eigenvalue weighted by atomic mass is 35.5. The van der Waals surface area contributed by atoms with Crippen molar-refractivity contribution in [1.82, 2.24) is 9.78 Å². The van der Waals surface area contributed by atoms with E-state index in [-0.39, 0.29) is 5.91 Å². The number of benzene rings is 1. The van der Waals surface area contributed by atoms with Crippen LogP contribution in [0, 0.1) is 13.8 Å². The summed E-state index contributed by atoms with van der Waals surface area (Å²) in [5.74, 6) is -0.236. The lowest BCUT2D eigenvalue weighted by molar-refractivity contribution is -0.119. The molecule has 7 heteroatoms. The van der Waals surface area contributed by atoms with Gasteiger partial charge in [-0.2, -0.15) is 5.10 Å². The van der Waals surface area contributed by atoms with Crippen LogP contribution in [0.2, 0.25) is 15.1 Å². The molecule has 1 heterocycles. The lowest BCUT2D eigenvalue weighted by Gasteiger charge is -2.18. The highest BCUT2D eigenvalue weighted by Crippen LogP contribution is 2.31. The topological polar surface area (TPSA) is 46.9 Å². The molecular weight excluding hydrogens is 345 g/mol. The number of anilines is 1. The monoisotopic (exact) mass is 359 g/mol. The molecule has 1 N–H and O–H groups in total. The number of nitrogens with zero attached hydrogens (tertiary/aromatic N) is 2. The van der Waals surface area contributed by atoms with Gasteiger partial charge in [-0.1, -0.05) is 47.8 Å². The molecule has 22 heavy (non-hydrogen) atoms. The molecule has 0 aliphatic rings. The lowest BCUT2D eigenvalue weighted by Crippen LogP contribution is -2.27. The number of hydrogen-bond donors (Lipinski definition) is 1. The molecule has 2 rings (SSSR count). The predicted molar refractivity (Wildman–Crippen MR) is 91.1 cm³/mol. The summed E-state index contributed by atoms with van der Waals surface area (Å²) in [6.45, 7) is 5.55. The minimum Gasteiger partial charge on any atom is -0.322 e. The maximum absolute atomic E-state index is 12.6. The van der Waals surface area contributed by atoms with E-state index >= 15 is 0 Å². The average Bonchev–Trinajstić information content (AvgIpc) is 2.72. The van der Waals surface area contributed by atoms with Crippen molar-refractivity contribution in [2.24, 2.45) is 0 Å². The normalized spacial score (nSPS) is 12.3. The Morgan fingerprint density at radius 3 is 2.32 bits per heavy atom. The van der Waals surface area contributed by atoms with Gasteiger partial charge in [0.05, 0.1) is 32.1 Å². The van der Waals surface area contributed by atoms with Crippen LogP contribution in [0.25, 0.3) is 0 Å². The fourth-order valence-electron chi connectivity index (χ4n) is 2.24. The second kappa shape index (κ2) is 6.90. The summed E-state index contributed by atoms with van der Waals surface area (Å²) < 4.78 is 1.64. The largest absolute Gasteiger partial charge is 0.322 e. The molecule has 1 amide bonds. The van der Waals surface area contributed by atoms with E-state index in [2.05, 4.69) is 10.4 Å². The lowest BCUT2D eigenvalue weighted by atomic mass is 10.2. The van der Waals surface area contributed by atoms with Crippen LogP contribution in [0.15, 0.2) is 18.2 Å². The molecule has 0 spiro atoms. The minimum absolute atomic E-state index is 0.236. The van der Waals surface area contributed by atoms with E-state index in [1.807, 2.05) is 13.8 Å². The van der Waals surface area contributed by atoms with Gasteiger partial charge in [0, 0.05) is 0 Å². The third-order valence-corrected chi connectivity index (χ3v) is 4.61. The van der Waals surface area contributed by atoms with Gasteiger partial charge < -0.3 is 5.32 Å². The van der Waals surface area contributed by atoms with Gasteiger partial charge in [0.2, 0.25) is 5.91 Å². The van der Waals surface area contributed by atoms with Crippen LogP contribution in [0.5, 0.6) is 0 Å². The summed E-state index contributed by atoms with van der Waals surface area (Å²) in [6.07, 6.45) is 0.562. The van der Waals surface area contributed by atoms with Crippen molar-refractivity contribution in [2.75, 3.05) is 5.32 Å². The molecule has 0 radical (unpaired) electrons. The fourth-order valence-corrected chi connectivity index (χ4v) is 2.86. The van der Waals surface area contributed by atoms with Gasteiger partial charge in [0.15, 0.2) is 0 Å². The number of halogens is 3. The molecule has 118 valence electrons. The van der Waals surface area contributed by atoms with Gasteiger partial charge in [0.1, 0.15) is 6.04 Å². The Morgan fingerprint density at radius 1 is 1.27 bits per heavy atom. The first-order chi connectivity index (χ1) is 10.4. The highest BCUT2D eigenvalue weighted by molar-refractivity contribution is 6.39. The summed E-state index contributed by atoms with van der Waals surface area (Å²) >= 11 is 18.3. The van der Waals surface area contributed by atoms with Crippen molar-refractivity contribution in [3.63, 3.8) is 0 Å². The smallest absolute Gasteiger partial charge is 0.249 e.